The van der Waals surface area contributed by atoms with E-state index in [9.17, 15) is 9.18 Å². The van der Waals surface area contributed by atoms with Crippen LogP contribution in [-0.2, 0) is 0 Å². The van der Waals surface area contributed by atoms with Gasteiger partial charge >= 0.3 is 0 Å². The Labute approximate surface area is 127 Å². The fourth-order valence-corrected chi connectivity index (χ4v) is 2.19. The highest BCUT2D eigenvalue weighted by Crippen LogP contribution is 2.19. The predicted octanol–water partition coefficient (Wildman–Crippen LogP) is 3.26. The molecule has 0 saturated carbocycles. The van der Waals surface area contributed by atoms with Crippen molar-refractivity contribution in [2.24, 2.45) is 5.73 Å². The Kier molecular flexibility index (Phi) is 8.97. The number of hydrogen-bond acceptors (Lipinski definition) is 2. The molecule has 1 aromatic rings. The second kappa shape index (κ2) is 9.28. The normalized spacial score (nSPS) is 11.6. The average Bonchev–Trinajstić information content (AvgIpc) is 2.34. The van der Waals surface area contributed by atoms with Gasteiger partial charge in [0.2, 0.25) is 0 Å². The number of benzene rings is 1. The van der Waals surface area contributed by atoms with Gasteiger partial charge in [-0.05, 0) is 34.5 Å². The van der Waals surface area contributed by atoms with E-state index < -0.39 is 11.7 Å². The molecule has 6 heteroatoms. The number of unbranched alkanes of at least 4 members (excludes halogenated alkanes) is 1. The van der Waals surface area contributed by atoms with Gasteiger partial charge in [0.15, 0.2) is 0 Å². The number of amides is 1. The standard InChI is InChI=1S/C13H18BrFN2O.ClH/c1-2-3-5-9(8-16)17-13(18)12-10(14)6-4-7-11(12)15;/h4,6-7,9H,2-3,5,8,16H2,1H3,(H,17,18);1H. The van der Waals surface area contributed by atoms with Crippen molar-refractivity contribution < 1.29 is 9.18 Å². The zero-order valence-corrected chi connectivity index (χ0v) is 13.2. The van der Waals surface area contributed by atoms with E-state index in [-0.39, 0.29) is 24.0 Å². The van der Waals surface area contributed by atoms with E-state index in [1.54, 1.807) is 12.1 Å². The third-order valence-electron chi connectivity index (χ3n) is 2.72. The van der Waals surface area contributed by atoms with Crippen LogP contribution in [0.15, 0.2) is 22.7 Å². The molecule has 0 fully saturated rings. The molecule has 0 radical (unpaired) electrons. The summed E-state index contributed by atoms with van der Waals surface area (Å²) in [6.45, 7) is 2.43. The average molecular weight is 354 g/mol. The number of rotatable bonds is 6. The van der Waals surface area contributed by atoms with Crippen molar-refractivity contribution in [1.29, 1.82) is 0 Å². The van der Waals surface area contributed by atoms with Crippen molar-refractivity contribution in [2.75, 3.05) is 6.54 Å². The SMILES string of the molecule is CCCCC(CN)NC(=O)c1c(F)cccc1Br.Cl. The van der Waals surface area contributed by atoms with Crippen LogP contribution in [0.25, 0.3) is 0 Å². The van der Waals surface area contributed by atoms with E-state index >= 15 is 0 Å². The van der Waals surface area contributed by atoms with Gasteiger partial charge < -0.3 is 11.1 Å². The summed E-state index contributed by atoms with van der Waals surface area (Å²) < 4.78 is 14.0. The van der Waals surface area contributed by atoms with Gasteiger partial charge in [0.25, 0.3) is 5.91 Å². The molecule has 0 saturated heterocycles. The molecule has 108 valence electrons. The quantitative estimate of drug-likeness (QED) is 0.825. The number of nitrogens with one attached hydrogen (secondary N) is 1. The minimum absolute atomic E-state index is 0. The Balaban J connectivity index is 0.00000324. The molecule has 0 aromatic heterocycles. The Morgan fingerprint density at radius 3 is 2.74 bits per heavy atom. The summed E-state index contributed by atoms with van der Waals surface area (Å²) in [7, 11) is 0. The molecular weight excluding hydrogens is 335 g/mol. The summed E-state index contributed by atoms with van der Waals surface area (Å²) in [4.78, 5) is 12.0. The zero-order valence-electron chi connectivity index (χ0n) is 10.8. The summed E-state index contributed by atoms with van der Waals surface area (Å²) in [5.41, 5.74) is 5.63. The molecule has 1 unspecified atom stereocenters. The zero-order chi connectivity index (χ0) is 13.5. The van der Waals surface area contributed by atoms with Crippen LogP contribution in [0.2, 0.25) is 0 Å². The van der Waals surface area contributed by atoms with E-state index in [0.717, 1.165) is 19.3 Å². The lowest BCUT2D eigenvalue weighted by molar-refractivity contribution is 0.0931. The first-order valence-electron chi connectivity index (χ1n) is 6.05. The van der Waals surface area contributed by atoms with E-state index in [4.69, 9.17) is 5.73 Å². The molecule has 1 atom stereocenters. The largest absolute Gasteiger partial charge is 0.348 e. The van der Waals surface area contributed by atoms with Crippen molar-refractivity contribution in [1.82, 2.24) is 5.32 Å². The first kappa shape index (κ1) is 18.4. The Hall–Kier alpha value is -0.650. The lowest BCUT2D eigenvalue weighted by atomic mass is 10.1. The van der Waals surface area contributed by atoms with Crippen molar-refractivity contribution in [3.8, 4) is 0 Å². The van der Waals surface area contributed by atoms with Gasteiger partial charge in [0.1, 0.15) is 5.82 Å². The summed E-state index contributed by atoms with van der Waals surface area (Å²) in [6.07, 6.45) is 2.83. The molecule has 1 rings (SSSR count). The molecule has 3 N–H and O–H groups in total. The molecule has 0 aliphatic rings. The Morgan fingerprint density at radius 1 is 1.53 bits per heavy atom. The highest BCUT2D eigenvalue weighted by atomic mass is 79.9. The molecule has 19 heavy (non-hydrogen) atoms. The predicted molar refractivity (Wildman–Crippen MR) is 81.2 cm³/mol. The number of halogens is 3. The van der Waals surface area contributed by atoms with E-state index in [0.29, 0.717) is 11.0 Å². The number of hydrogen-bond donors (Lipinski definition) is 2. The van der Waals surface area contributed by atoms with Crippen LogP contribution in [0.1, 0.15) is 36.5 Å². The van der Waals surface area contributed by atoms with E-state index in [1.807, 2.05) is 0 Å². The topological polar surface area (TPSA) is 55.1 Å². The smallest absolute Gasteiger partial charge is 0.255 e. The van der Waals surface area contributed by atoms with Crippen LogP contribution in [0.4, 0.5) is 4.39 Å². The van der Waals surface area contributed by atoms with E-state index in [2.05, 4.69) is 28.2 Å². The van der Waals surface area contributed by atoms with Crippen molar-refractivity contribution in [3.05, 3.63) is 34.1 Å². The molecule has 0 spiro atoms. The van der Waals surface area contributed by atoms with Gasteiger partial charge in [-0.15, -0.1) is 12.4 Å². The first-order chi connectivity index (χ1) is 8.60. The first-order valence-corrected chi connectivity index (χ1v) is 6.84. The van der Waals surface area contributed by atoms with Crippen LogP contribution < -0.4 is 11.1 Å². The van der Waals surface area contributed by atoms with Gasteiger partial charge in [-0.3, -0.25) is 4.79 Å². The van der Waals surface area contributed by atoms with Crippen molar-refractivity contribution in [3.63, 3.8) is 0 Å². The maximum atomic E-state index is 13.6. The van der Waals surface area contributed by atoms with Gasteiger partial charge in [-0.1, -0.05) is 25.8 Å². The second-order valence-corrected chi connectivity index (χ2v) is 5.00. The minimum Gasteiger partial charge on any atom is -0.348 e. The van der Waals surface area contributed by atoms with Crippen molar-refractivity contribution >= 4 is 34.2 Å². The van der Waals surface area contributed by atoms with Crippen LogP contribution in [0.5, 0.6) is 0 Å². The summed E-state index contributed by atoms with van der Waals surface area (Å²) in [5, 5.41) is 2.77. The van der Waals surface area contributed by atoms with Crippen molar-refractivity contribution in [2.45, 2.75) is 32.2 Å². The maximum absolute atomic E-state index is 13.6. The molecule has 3 nitrogen and oxygen atoms in total. The number of carbonyl (C=O) groups is 1. The number of carbonyl (C=O) groups excluding carboxylic acids is 1. The second-order valence-electron chi connectivity index (χ2n) is 4.14. The van der Waals surface area contributed by atoms with Crippen LogP contribution >= 0.6 is 28.3 Å². The van der Waals surface area contributed by atoms with Crippen LogP contribution in [0.3, 0.4) is 0 Å². The highest BCUT2D eigenvalue weighted by Gasteiger charge is 2.18. The molecule has 0 aliphatic carbocycles. The van der Waals surface area contributed by atoms with Gasteiger partial charge in [0, 0.05) is 17.1 Å². The molecule has 1 aromatic carbocycles. The monoisotopic (exact) mass is 352 g/mol. The summed E-state index contributed by atoms with van der Waals surface area (Å²) in [5.74, 6) is -0.959. The summed E-state index contributed by atoms with van der Waals surface area (Å²) >= 11 is 3.18. The third kappa shape index (κ3) is 5.47. The van der Waals surface area contributed by atoms with Crippen LogP contribution in [-0.4, -0.2) is 18.5 Å². The molecule has 0 bridgehead atoms. The molecule has 0 heterocycles. The van der Waals surface area contributed by atoms with Gasteiger partial charge in [-0.2, -0.15) is 0 Å². The van der Waals surface area contributed by atoms with Gasteiger partial charge in [-0.25, -0.2) is 4.39 Å². The fraction of sp³-hybridized carbons (Fsp3) is 0.462. The molecular formula is C13H19BrClFN2O. The fourth-order valence-electron chi connectivity index (χ4n) is 1.67. The Morgan fingerprint density at radius 2 is 2.21 bits per heavy atom. The molecule has 0 aliphatic heterocycles. The number of nitrogens with two attached hydrogens (primary N) is 1. The lowest BCUT2D eigenvalue weighted by Crippen LogP contribution is -2.40. The van der Waals surface area contributed by atoms with E-state index in [1.165, 1.54) is 6.07 Å². The molecule has 1 amide bonds. The highest BCUT2D eigenvalue weighted by molar-refractivity contribution is 9.10. The maximum Gasteiger partial charge on any atom is 0.255 e. The minimum atomic E-state index is -0.534. The summed E-state index contributed by atoms with van der Waals surface area (Å²) in [6, 6.07) is 4.35. The van der Waals surface area contributed by atoms with Gasteiger partial charge in [0.05, 0.1) is 5.56 Å². The lowest BCUT2D eigenvalue weighted by Gasteiger charge is -2.17. The van der Waals surface area contributed by atoms with Crippen LogP contribution in [0, 0.1) is 5.82 Å². The third-order valence-corrected chi connectivity index (χ3v) is 3.38. The Bertz CT molecular complexity index is 397.